The lowest BCUT2D eigenvalue weighted by Crippen LogP contribution is -2.47. The smallest absolute Gasteiger partial charge is 0.130 e. The van der Waals surface area contributed by atoms with E-state index in [2.05, 4.69) is 24.2 Å². The molecule has 0 amide bonds. The lowest BCUT2D eigenvalue weighted by molar-refractivity contribution is 0.167. The molecule has 0 saturated carbocycles. The minimum absolute atomic E-state index is 0.147. The fraction of sp³-hybridized carbons (Fsp3) is 0.600. The van der Waals surface area contributed by atoms with Crippen molar-refractivity contribution in [3.05, 3.63) is 35.4 Å². The van der Waals surface area contributed by atoms with Crippen LogP contribution in [-0.4, -0.2) is 31.1 Å². The van der Waals surface area contributed by atoms with Gasteiger partial charge in [0.25, 0.3) is 0 Å². The minimum Gasteiger partial charge on any atom is -0.307 e. The Bertz CT molecular complexity index is 416. The number of rotatable bonds is 3. The molecule has 19 heavy (non-hydrogen) atoms. The van der Waals surface area contributed by atoms with Crippen molar-refractivity contribution >= 4 is 0 Å². The van der Waals surface area contributed by atoms with E-state index in [0.29, 0.717) is 12.0 Å². The average Bonchev–Trinajstić information content (AvgIpc) is 2.32. The van der Waals surface area contributed by atoms with Gasteiger partial charge in [0.05, 0.1) is 0 Å². The Labute approximate surface area is 113 Å². The van der Waals surface area contributed by atoms with Crippen LogP contribution in [0.3, 0.4) is 0 Å². The number of nitrogens with zero attached hydrogens (tertiary/aromatic N) is 1. The van der Waals surface area contributed by atoms with Gasteiger partial charge in [-0.15, -0.1) is 0 Å². The Kier molecular flexibility index (Phi) is 4.53. The van der Waals surface area contributed by atoms with E-state index in [9.17, 15) is 8.78 Å². The number of nitrogens with one attached hydrogen (secondary N) is 1. The first kappa shape index (κ1) is 14.4. The summed E-state index contributed by atoms with van der Waals surface area (Å²) in [4.78, 5) is 2.29. The van der Waals surface area contributed by atoms with Crippen LogP contribution in [0.2, 0.25) is 0 Å². The van der Waals surface area contributed by atoms with E-state index in [1.165, 1.54) is 18.2 Å². The molecule has 1 aromatic rings. The second-order valence-electron chi connectivity index (χ2n) is 5.66. The summed E-state index contributed by atoms with van der Waals surface area (Å²) in [6.07, 6.45) is 1.01. The van der Waals surface area contributed by atoms with Gasteiger partial charge in [-0.3, -0.25) is 0 Å². The van der Waals surface area contributed by atoms with Gasteiger partial charge in [0.2, 0.25) is 0 Å². The molecule has 2 nitrogen and oxygen atoms in total. The molecule has 1 saturated heterocycles. The van der Waals surface area contributed by atoms with Crippen LogP contribution in [0.5, 0.6) is 0 Å². The number of benzene rings is 1. The summed E-state index contributed by atoms with van der Waals surface area (Å²) in [5.41, 5.74) is 0.147. The molecule has 1 fully saturated rings. The topological polar surface area (TPSA) is 15.3 Å². The second-order valence-corrected chi connectivity index (χ2v) is 5.66. The van der Waals surface area contributed by atoms with Crippen LogP contribution in [0.1, 0.15) is 31.9 Å². The van der Waals surface area contributed by atoms with E-state index in [0.717, 1.165) is 19.5 Å². The molecule has 0 aromatic heterocycles. The molecule has 106 valence electrons. The molecule has 3 unspecified atom stereocenters. The summed E-state index contributed by atoms with van der Waals surface area (Å²) in [5, 5.41) is 3.38. The number of hydrogen-bond donors (Lipinski definition) is 1. The maximum absolute atomic E-state index is 13.7. The van der Waals surface area contributed by atoms with E-state index in [-0.39, 0.29) is 11.6 Å². The van der Waals surface area contributed by atoms with Crippen molar-refractivity contribution in [3.8, 4) is 0 Å². The third-order valence-electron chi connectivity index (χ3n) is 4.01. The largest absolute Gasteiger partial charge is 0.307 e. The molecule has 1 aliphatic rings. The Morgan fingerprint density at radius 3 is 2.53 bits per heavy atom. The first-order chi connectivity index (χ1) is 8.99. The fourth-order valence-electron chi connectivity index (χ4n) is 2.93. The molecule has 0 aliphatic carbocycles. The standard InChI is InChI=1S/C15H22F2N2/c1-10-9-19(3)8-7-14(10)18-11(2)15-12(16)5-4-6-13(15)17/h4-6,10-11,14,18H,7-9H2,1-3H3. The van der Waals surface area contributed by atoms with Gasteiger partial charge in [0, 0.05) is 24.2 Å². The summed E-state index contributed by atoms with van der Waals surface area (Å²) >= 11 is 0. The van der Waals surface area contributed by atoms with Gasteiger partial charge < -0.3 is 10.2 Å². The Morgan fingerprint density at radius 1 is 1.32 bits per heavy atom. The molecule has 0 spiro atoms. The summed E-state index contributed by atoms with van der Waals surface area (Å²) in [5.74, 6) is -0.461. The van der Waals surface area contributed by atoms with Gasteiger partial charge in [-0.05, 0) is 45.0 Å². The molecular weight excluding hydrogens is 246 g/mol. The molecule has 1 aliphatic heterocycles. The van der Waals surface area contributed by atoms with Gasteiger partial charge in [-0.1, -0.05) is 13.0 Å². The molecule has 1 aromatic carbocycles. The van der Waals surface area contributed by atoms with Gasteiger partial charge in [-0.2, -0.15) is 0 Å². The molecule has 4 heteroatoms. The quantitative estimate of drug-likeness (QED) is 0.906. The maximum atomic E-state index is 13.7. The predicted molar refractivity (Wildman–Crippen MR) is 73.0 cm³/mol. The molecule has 0 bridgehead atoms. The summed E-state index contributed by atoms with van der Waals surface area (Å²) in [7, 11) is 2.10. The fourth-order valence-corrected chi connectivity index (χ4v) is 2.93. The van der Waals surface area contributed by atoms with Crippen molar-refractivity contribution in [2.45, 2.75) is 32.4 Å². The number of piperidine rings is 1. The van der Waals surface area contributed by atoms with Crippen molar-refractivity contribution in [1.82, 2.24) is 10.2 Å². The maximum Gasteiger partial charge on any atom is 0.130 e. The van der Waals surface area contributed by atoms with E-state index in [4.69, 9.17) is 0 Å². The van der Waals surface area contributed by atoms with E-state index < -0.39 is 11.6 Å². The third kappa shape index (κ3) is 3.31. The predicted octanol–water partition coefficient (Wildman–Crippen LogP) is 2.96. The van der Waals surface area contributed by atoms with Crippen LogP contribution in [0, 0.1) is 17.6 Å². The third-order valence-corrected chi connectivity index (χ3v) is 4.01. The van der Waals surface area contributed by atoms with Crippen LogP contribution in [0.25, 0.3) is 0 Å². The van der Waals surface area contributed by atoms with Gasteiger partial charge >= 0.3 is 0 Å². The average molecular weight is 268 g/mol. The SMILES string of the molecule is CC(NC1CCN(C)CC1C)c1c(F)cccc1F. The van der Waals surface area contributed by atoms with Crippen LogP contribution >= 0.6 is 0 Å². The Hall–Kier alpha value is -1.00. The van der Waals surface area contributed by atoms with Crippen molar-refractivity contribution in [3.63, 3.8) is 0 Å². The zero-order valence-corrected chi connectivity index (χ0v) is 11.8. The zero-order chi connectivity index (χ0) is 14.0. The van der Waals surface area contributed by atoms with Crippen LogP contribution in [-0.2, 0) is 0 Å². The van der Waals surface area contributed by atoms with Crippen molar-refractivity contribution in [1.29, 1.82) is 0 Å². The van der Waals surface area contributed by atoms with Gasteiger partial charge in [0.1, 0.15) is 11.6 Å². The van der Waals surface area contributed by atoms with Crippen molar-refractivity contribution in [2.24, 2.45) is 5.92 Å². The highest BCUT2D eigenvalue weighted by Gasteiger charge is 2.27. The normalized spacial score (nSPS) is 26.4. The minimum atomic E-state index is -0.472. The summed E-state index contributed by atoms with van der Waals surface area (Å²) < 4.78 is 27.5. The summed E-state index contributed by atoms with van der Waals surface area (Å²) in [6.45, 7) is 6.04. The van der Waals surface area contributed by atoms with Crippen LogP contribution in [0.4, 0.5) is 8.78 Å². The molecule has 0 radical (unpaired) electrons. The monoisotopic (exact) mass is 268 g/mol. The lowest BCUT2D eigenvalue weighted by atomic mass is 9.92. The molecule has 2 rings (SSSR count). The first-order valence-corrected chi connectivity index (χ1v) is 6.87. The number of likely N-dealkylation sites (tertiary alicyclic amines) is 1. The molecule has 3 atom stereocenters. The van der Waals surface area contributed by atoms with Crippen molar-refractivity contribution in [2.75, 3.05) is 20.1 Å². The van der Waals surface area contributed by atoms with Crippen LogP contribution < -0.4 is 5.32 Å². The van der Waals surface area contributed by atoms with E-state index in [1.807, 2.05) is 6.92 Å². The zero-order valence-electron chi connectivity index (χ0n) is 11.8. The van der Waals surface area contributed by atoms with Crippen molar-refractivity contribution < 1.29 is 8.78 Å². The van der Waals surface area contributed by atoms with Gasteiger partial charge in [0.15, 0.2) is 0 Å². The number of halogens is 2. The highest BCUT2D eigenvalue weighted by Crippen LogP contribution is 2.24. The lowest BCUT2D eigenvalue weighted by Gasteiger charge is -2.37. The molecule has 1 heterocycles. The van der Waals surface area contributed by atoms with Gasteiger partial charge in [-0.25, -0.2) is 8.78 Å². The summed E-state index contributed by atoms with van der Waals surface area (Å²) in [6, 6.07) is 4.03. The molecular formula is C15H22F2N2. The Morgan fingerprint density at radius 2 is 1.95 bits per heavy atom. The van der Waals surface area contributed by atoms with E-state index in [1.54, 1.807) is 0 Å². The van der Waals surface area contributed by atoms with E-state index >= 15 is 0 Å². The molecule has 1 N–H and O–H groups in total. The first-order valence-electron chi connectivity index (χ1n) is 6.87. The Balaban J connectivity index is 2.07. The highest BCUT2D eigenvalue weighted by molar-refractivity contribution is 5.23. The second kappa shape index (κ2) is 5.97. The number of hydrogen-bond acceptors (Lipinski definition) is 2. The highest BCUT2D eigenvalue weighted by atomic mass is 19.1. The van der Waals surface area contributed by atoms with Crippen LogP contribution in [0.15, 0.2) is 18.2 Å².